The summed E-state index contributed by atoms with van der Waals surface area (Å²) >= 11 is 0. The molecular formula is C30H35N3O8. The lowest BCUT2D eigenvalue weighted by Gasteiger charge is -2.31. The molecule has 0 radical (unpaired) electrons. The Morgan fingerprint density at radius 2 is 1.66 bits per heavy atom. The van der Waals surface area contributed by atoms with Gasteiger partial charge in [0.1, 0.15) is 29.4 Å². The number of hydrogen-bond donors (Lipinski definition) is 0. The van der Waals surface area contributed by atoms with Crippen molar-refractivity contribution in [2.24, 2.45) is 0 Å². The number of morpholine rings is 1. The van der Waals surface area contributed by atoms with E-state index >= 15 is 0 Å². The Kier molecular flexibility index (Phi) is 9.27. The molecule has 0 aliphatic carbocycles. The van der Waals surface area contributed by atoms with E-state index in [0.717, 1.165) is 18.7 Å². The van der Waals surface area contributed by atoms with Gasteiger partial charge in [0.2, 0.25) is 12.7 Å². The summed E-state index contributed by atoms with van der Waals surface area (Å²) in [5.74, 6) is 2.13. The lowest BCUT2D eigenvalue weighted by atomic mass is 10.1. The number of carbonyl (C=O) groups is 2. The molecule has 1 fully saturated rings. The Bertz CT molecular complexity index is 1300. The molecule has 11 nitrogen and oxygen atoms in total. The van der Waals surface area contributed by atoms with E-state index < -0.39 is 0 Å². The number of fused-ring (bicyclic) bond motifs is 1. The summed E-state index contributed by atoms with van der Waals surface area (Å²) in [6.07, 6.45) is 1.57. The second kappa shape index (κ2) is 13.4. The molecule has 3 heterocycles. The molecule has 2 aliphatic rings. The minimum absolute atomic E-state index is 0.143. The van der Waals surface area contributed by atoms with Gasteiger partial charge in [0.15, 0.2) is 11.5 Å². The highest BCUT2D eigenvalue weighted by molar-refractivity contribution is 6.01. The van der Waals surface area contributed by atoms with Crippen LogP contribution in [0.25, 0.3) is 0 Å². The summed E-state index contributed by atoms with van der Waals surface area (Å²) in [5.41, 5.74) is 1.15. The normalized spacial score (nSPS) is 14.5. The van der Waals surface area contributed by atoms with Gasteiger partial charge in [-0.2, -0.15) is 0 Å². The Hall–Kier alpha value is -4.22. The SMILES string of the molecule is COc1cccc(OC)c1C(=O)N(CCN1CCOCC1)CC(=O)N(Cc1ccc2c(c1)OCO2)Cc1ccco1. The minimum Gasteiger partial charge on any atom is -0.496 e. The predicted octanol–water partition coefficient (Wildman–Crippen LogP) is 3.03. The second-order valence-electron chi connectivity index (χ2n) is 9.74. The van der Waals surface area contributed by atoms with Crippen LogP contribution in [-0.4, -0.2) is 93.5 Å². The first-order valence-corrected chi connectivity index (χ1v) is 13.5. The third-order valence-electron chi connectivity index (χ3n) is 7.13. The number of nitrogens with zero attached hydrogens (tertiary/aromatic N) is 3. The summed E-state index contributed by atoms with van der Waals surface area (Å²) < 4.78 is 33.0. The average Bonchev–Trinajstić information content (AvgIpc) is 3.70. The first-order chi connectivity index (χ1) is 20.1. The van der Waals surface area contributed by atoms with Gasteiger partial charge in [-0.05, 0) is 42.0 Å². The van der Waals surface area contributed by atoms with Gasteiger partial charge in [0, 0.05) is 32.7 Å². The molecule has 218 valence electrons. The van der Waals surface area contributed by atoms with Crippen LogP contribution in [0.3, 0.4) is 0 Å². The van der Waals surface area contributed by atoms with Crippen LogP contribution in [-0.2, 0) is 22.6 Å². The zero-order valence-electron chi connectivity index (χ0n) is 23.4. The van der Waals surface area contributed by atoms with Crippen LogP contribution in [0.4, 0.5) is 0 Å². The molecule has 5 rings (SSSR count). The van der Waals surface area contributed by atoms with Gasteiger partial charge in [0.05, 0.1) is 40.2 Å². The van der Waals surface area contributed by atoms with Crippen molar-refractivity contribution in [3.8, 4) is 23.0 Å². The highest BCUT2D eigenvalue weighted by Gasteiger charge is 2.28. The summed E-state index contributed by atoms with van der Waals surface area (Å²) in [6.45, 7) is 4.30. The van der Waals surface area contributed by atoms with Gasteiger partial charge >= 0.3 is 0 Å². The number of rotatable bonds is 12. The molecule has 41 heavy (non-hydrogen) atoms. The van der Waals surface area contributed by atoms with Crippen LogP contribution in [0.15, 0.2) is 59.2 Å². The fraction of sp³-hybridized carbons (Fsp3) is 0.400. The fourth-order valence-corrected chi connectivity index (χ4v) is 4.91. The van der Waals surface area contributed by atoms with Crippen LogP contribution < -0.4 is 18.9 Å². The lowest BCUT2D eigenvalue weighted by molar-refractivity contribution is -0.133. The van der Waals surface area contributed by atoms with Crippen molar-refractivity contribution in [1.29, 1.82) is 0 Å². The first-order valence-electron chi connectivity index (χ1n) is 13.5. The molecule has 0 bridgehead atoms. The van der Waals surface area contributed by atoms with Crippen LogP contribution in [0.5, 0.6) is 23.0 Å². The van der Waals surface area contributed by atoms with Crippen molar-refractivity contribution < 1.29 is 37.7 Å². The number of hydrogen-bond acceptors (Lipinski definition) is 9. The van der Waals surface area contributed by atoms with Crippen molar-refractivity contribution >= 4 is 11.8 Å². The molecule has 2 aliphatic heterocycles. The molecule has 0 atom stereocenters. The molecular weight excluding hydrogens is 530 g/mol. The zero-order valence-corrected chi connectivity index (χ0v) is 23.4. The molecule has 11 heteroatoms. The maximum Gasteiger partial charge on any atom is 0.261 e. The van der Waals surface area contributed by atoms with Crippen molar-refractivity contribution in [2.75, 3.05) is 67.0 Å². The minimum atomic E-state index is -0.345. The van der Waals surface area contributed by atoms with Crippen LogP contribution in [0.2, 0.25) is 0 Å². The molecule has 0 spiro atoms. The monoisotopic (exact) mass is 565 g/mol. The van der Waals surface area contributed by atoms with Gasteiger partial charge in [-0.1, -0.05) is 12.1 Å². The number of benzene rings is 2. The fourth-order valence-electron chi connectivity index (χ4n) is 4.91. The summed E-state index contributed by atoms with van der Waals surface area (Å²) in [4.78, 5) is 33.5. The van der Waals surface area contributed by atoms with Crippen LogP contribution >= 0.6 is 0 Å². The van der Waals surface area contributed by atoms with Gasteiger partial charge in [-0.25, -0.2) is 0 Å². The molecule has 3 aromatic rings. The predicted molar refractivity (Wildman–Crippen MR) is 148 cm³/mol. The van der Waals surface area contributed by atoms with E-state index in [0.29, 0.717) is 61.6 Å². The Morgan fingerprint density at radius 3 is 2.37 bits per heavy atom. The average molecular weight is 566 g/mol. The van der Waals surface area contributed by atoms with Crippen LogP contribution in [0.1, 0.15) is 21.7 Å². The number of furan rings is 1. The van der Waals surface area contributed by atoms with E-state index in [1.54, 1.807) is 40.3 Å². The van der Waals surface area contributed by atoms with E-state index in [-0.39, 0.29) is 37.3 Å². The third-order valence-corrected chi connectivity index (χ3v) is 7.13. The van der Waals surface area contributed by atoms with Gasteiger partial charge in [-0.15, -0.1) is 0 Å². The third kappa shape index (κ3) is 6.93. The Balaban J connectivity index is 1.40. The second-order valence-corrected chi connectivity index (χ2v) is 9.74. The van der Waals surface area contributed by atoms with E-state index in [2.05, 4.69) is 4.90 Å². The maximum atomic E-state index is 14.0. The van der Waals surface area contributed by atoms with E-state index in [4.69, 9.17) is 28.1 Å². The number of amides is 2. The first kappa shape index (κ1) is 28.3. The Morgan fingerprint density at radius 1 is 0.902 bits per heavy atom. The molecule has 0 saturated carbocycles. The molecule has 1 saturated heterocycles. The summed E-state index contributed by atoms with van der Waals surface area (Å²) in [6, 6.07) is 14.4. The summed E-state index contributed by atoms with van der Waals surface area (Å²) in [7, 11) is 3.01. The summed E-state index contributed by atoms with van der Waals surface area (Å²) in [5, 5.41) is 0. The highest BCUT2D eigenvalue weighted by Crippen LogP contribution is 2.33. The number of ether oxygens (including phenoxy) is 5. The van der Waals surface area contributed by atoms with Crippen molar-refractivity contribution in [3.63, 3.8) is 0 Å². The van der Waals surface area contributed by atoms with Gasteiger partial charge in [-0.3, -0.25) is 14.5 Å². The molecule has 1 aromatic heterocycles. The topological polar surface area (TPSA) is 103 Å². The highest BCUT2D eigenvalue weighted by atomic mass is 16.7. The van der Waals surface area contributed by atoms with E-state index in [9.17, 15) is 9.59 Å². The molecule has 2 amide bonds. The standard InChI is InChI=1S/C30H35N3O8/c1-36-25-6-3-7-26(37-2)29(25)30(35)32(11-10-31-12-15-38-16-13-31)20-28(34)33(19-23-5-4-14-39-23)18-22-8-9-24-27(17-22)41-21-40-24/h3-9,14,17H,10-13,15-16,18-21H2,1-2H3. The Labute approximate surface area is 239 Å². The number of methoxy groups -OCH3 is 2. The maximum absolute atomic E-state index is 14.0. The van der Waals surface area contributed by atoms with Gasteiger partial charge < -0.3 is 37.9 Å². The van der Waals surface area contributed by atoms with Crippen molar-refractivity contribution in [1.82, 2.24) is 14.7 Å². The quantitative estimate of drug-likeness (QED) is 0.328. The lowest BCUT2D eigenvalue weighted by Crippen LogP contribution is -2.47. The largest absolute Gasteiger partial charge is 0.496 e. The van der Waals surface area contributed by atoms with E-state index in [1.165, 1.54) is 14.2 Å². The smallest absolute Gasteiger partial charge is 0.261 e. The molecule has 0 unspecified atom stereocenters. The van der Waals surface area contributed by atoms with Crippen molar-refractivity contribution in [2.45, 2.75) is 13.1 Å². The molecule has 0 N–H and O–H groups in total. The number of carbonyl (C=O) groups excluding carboxylic acids is 2. The van der Waals surface area contributed by atoms with E-state index in [1.807, 2.05) is 24.3 Å². The van der Waals surface area contributed by atoms with Crippen molar-refractivity contribution in [3.05, 3.63) is 71.7 Å². The molecule has 2 aromatic carbocycles. The zero-order chi connectivity index (χ0) is 28.6. The van der Waals surface area contributed by atoms with Crippen LogP contribution in [0, 0.1) is 0 Å². The van der Waals surface area contributed by atoms with Gasteiger partial charge in [0.25, 0.3) is 5.91 Å².